The van der Waals surface area contributed by atoms with Crippen LogP contribution in [0, 0.1) is 5.82 Å². The van der Waals surface area contributed by atoms with Crippen LogP contribution in [0.2, 0.25) is 0 Å². The molecule has 0 N–H and O–H groups in total. The van der Waals surface area contributed by atoms with Crippen molar-refractivity contribution in [3.63, 3.8) is 0 Å². The molecule has 0 spiro atoms. The van der Waals surface area contributed by atoms with Gasteiger partial charge in [0.2, 0.25) is 0 Å². The maximum Gasteiger partial charge on any atom is 0.316 e. The van der Waals surface area contributed by atoms with E-state index in [9.17, 15) is 14.0 Å². The Morgan fingerprint density at radius 2 is 1.92 bits per heavy atom. The third kappa shape index (κ3) is 3.03. The van der Waals surface area contributed by atoms with Crippen molar-refractivity contribution in [3.05, 3.63) is 64.7 Å². The zero-order chi connectivity index (χ0) is 17.1. The zero-order valence-electron chi connectivity index (χ0n) is 12.7. The summed E-state index contributed by atoms with van der Waals surface area (Å²) in [6.07, 6.45) is 0. The fraction of sp³-hybridized carbons (Fsp3) is 0.118. The maximum atomic E-state index is 14.2. The number of para-hydroxylation sites is 2. The minimum Gasteiger partial charge on any atom is -0.468 e. The molecule has 0 saturated heterocycles. The summed E-state index contributed by atoms with van der Waals surface area (Å²) in [5.74, 6) is -1.03. The van der Waals surface area contributed by atoms with Crippen LogP contribution in [-0.2, 0) is 9.53 Å². The van der Waals surface area contributed by atoms with Gasteiger partial charge >= 0.3 is 5.97 Å². The Morgan fingerprint density at radius 1 is 1.21 bits per heavy atom. The number of fused-ring (bicyclic) bond motifs is 1. The van der Waals surface area contributed by atoms with E-state index in [1.54, 1.807) is 36.4 Å². The predicted octanol–water partition coefficient (Wildman–Crippen LogP) is 2.79. The fourth-order valence-electron chi connectivity index (χ4n) is 2.24. The summed E-state index contributed by atoms with van der Waals surface area (Å²) in [6.45, 7) is 0. The Kier molecular flexibility index (Phi) is 4.61. The number of aromatic nitrogens is 2. The van der Waals surface area contributed by atoms with Gasteiger partial charge in [0, 0.05) is 0 Å². The molecule has 3 aromatic rings. The molecule has 0 unspecified atom stereocenters. The van der Waals surface area contributed by atoms with Gasteiger partial charge in [-0.15, -0.1) is 0 Å². The van der Waals surface area contributed by atoms with Crippen LogP contribution in [0.4, 0.5) is 4.39 Å². The van der Waals surface area contributed by atoms with Crippen molar-refractivity contribution in [3.8, 4) is 5.69 Å². The number of esters is 1. The quantitative estimate of drug-likeness (QED) is 0.414. The molecule has 0 atom stereocenters. The summed E-state index contributed by atoms with van der Waals surface area (Å²) in [4.78, 5) is 28.7. The van der Waals surface area contributed by atoms with Gasteiger partial charge in [-0.3, -0.25) is 14.2 Å². The van der Waals surface area contributed by atoms with Crippen molar-refractivity contribution in [2.75, 3.05) is 12.9 Å². The van der Waals surface area contributed by atoms with Crippen molar-refractivity contribution >= 4 is 28.6 Å². The molecule has 0 aliphatic carbocycles. The van der Waals surface area contributed by atoms with Gasteiger partial charge in [-0.2, -0.15) is 0 Å². The number of nitrogens with zero attached hydrogens (tertiary/aromatic N) is 2. The Hall–Kier alpha value is -2.67. The Morgan fingerprint density at radius 3 is 2.67 bits per heavy atom. The van der Waals surface area contributed by atoms with Gasteiger partial charge in [-0.1, -0.05) is 36.0 Å². The Labute approximate surface area is 141 Å². The number of thioether (sulfide) groups is 1. The fourth-order valence-corrected chi connectivity index (χ4v) is 3.08. The number of rotatable bonds is 4. The van der Waals surface area contributed by atoms with Crippen LogP contribution >= 0.6 is 11.8 Å². The number of hydrogen-bond donors (Lipinski definition) is 0. The first-order valence-electron chi connectivity index (χ1n) is 7.08. The van der Waals surface area contributed by atoms with Crippen molar-refractivity contribution in [2.45, 2.75) is 5.16 Å². The standard InChI is InChI=1S/C17H13FN2O3S/c1-23-15(21)10-24-17-19-13-8-4-2-6-11(13)16(22)20(17)14-9-5-3-7-12(14)18/h2-9H,10H2,1H3. The van der Waals surface area contributed by atoms with Crippen molar-refractivity contribution in [1.82, 2.24) is 9.55 Å². The van der Waals surface area contributed by atoms with Crippen molar-refractivity contribution in [1.29, 1.82) is 0 Å². The largest absolute Gasteiger partial charge is 0.468 e. The topological polar surface area (TPSA) is 61.2 Å². The number of halogens is 1. The average Bonchev–Trinajstić information content (AvgIpc) is 2.61. The Bertz CT molecular complexity index is 971. The first-order valence-corrected chi connectivity index (χ1v) is 8.06. The molecular weight excluding hydrogens is 331 g/mol. The number of methoxy groups -OCH3 is 1. The molecule has 2 aromatic carbocycles. The summed E-state index contributed by atoms with van der Waals surface area (Å²) in [7, 11) is 1.28. The van der Waals surface area contributed by atoms with Crippen LogP contribution in [-0.4, -0.2) is 28.4 Å². The monoisotopic (exact) mass is 344 g/mol. The van der Waals surface area contributed by atoms with Gasteiger partial charge < -0.3 is 4.74 Å². The highest BCUT2D eigenvalue weighted by molar-refractivity contribution is 7.99. The lowest BCUT2D eigenvalue weighted by Gasteiger charge is -2.13. The molecular formula is C17H13FN2O3S. The van der Waals surface area contributed by atoms with Gasteiger partial charge in [0.25, 0.3) is 5.56 Å². The van der Waals surface area contributed by atoms with E-state index in [1.807, 2.05) is 0 Å². The molecule has 0 aliphatic heterocycles. The predicted molar refractivity (Wildman–Crippen MR) is 90.0 cm³/mol. The van der Waals surface area contributed by atoms with E-state index in [-0.39, 0.29) is 16.6 Å². The van der Waals surface area contributed by atoms with Crippen LogP contribution in [0.3, 0.4) is 0 Å². The number of hydrogen-bond acceptors (Lipinski definition) is 5. The summed E-state index contributed by atoms with van der Waals surface area (Å²) in [5.41, 5.74) is 0.189. The molecule has 1 aromatic heterocycles. The van der Waals surface area contributed by atoms with Crippen molar-refractivity contribution in [2.24, 2.45) is 0 Å². The van der Waals surface area contributed by atoms with E-state index in [0.29, 0.717) is 10.9 Å². The van der Waals surface area contributed by atoms with E-state index in [1.165, 1.54) is 23.8 Å². The van der Waals surface area contributed by atoms with Crippen LogP contribution in [0.1, 0.15) is 0 Å². The second-order valence-electron chi connectivity index (χ2n) is 4.87. The normalized spacial score (nSPS) is 10.8. The molecule has 5 nitrogen and oxygen atoms in total. The van der Waals surface area contributed by atoms with Crippen LogP contribution in [0.15, 0.2) is 58.5 Å². The summed E-state index contributed by atoms with van der Waals surface area (Å²) < 4.78 is 20.0. The van der Waals surface area contributed by atoms with Gasteiger partial charge in [-0.25, -0.2) is 9.37 Å². The highest BCUT2D eigenvalue weighted by Crippen LogP contribution is 2.22. The van der Waals surface area contributed by atoms with E-state index in [2.05, 4.69) is 9.72 Å². The highest BCUT2D eigenvalue weighted by Gasteiger charge is 2.16. The second-order valence-corrected chi connectivity index (χ2v) is 5.81. The molecule has 0 fully saturated rings. The minimum atomic E-state index is -0.545. The van der Waals surface area contributed by atoms with Crippen molar-refractivity contribution < 1.29 is 13.9 Å². The van der Waals surface area contributed by atoms with E-state index in [4.69, 9.17) is 0 Å². The molecule has 0 amide bonds. The third-order valence-corrected chi connectivity index (χ3v) is 4.30. The van der Waals surface area contributed by atoms with Crippen LogP contribution < -0.4 is 5.56 Å². The van der Waals surface area contributed by atoms with Crippen LogP contribution in [0.25, 0.3) is 16.6 Å². The summed E-state index contributed by atoms with van der Waals surface area (Å²) in [6, 6.07) is 12.8. The molecule has 0 bridgehead atoms. The molecule has 3 rings (SSSR count). The second kappa shape index (κ2) is 6.84. The summed E-state index contributed by atoms with van der Waals surface area (Å²) >= 11 is 1.02. The summed E-state index contributed by atoms with van der Waals surface area (Å²) in [5, 5.41) is 0.609. The molecule has 0 saturated carbocycles. The number of benzene rings is 2. The molecule has 7 heteroatoms. The number of carbonyl (C=O) groups is 1. The van der Waals surface area contributed by atoms with Gasteiger partial charge in [0.1, 0.15) is 5.82 Å². The molecule has 0 radical (unpaired) electrons. The molecule has 24 heavy (non-hydrogen) atoms. The zero-order valence-corrected chi connectivity index (χ0v) is 13.5. The number of ether oxygens (including phenoxy) is 1. The van der Waals surface area contributed by atoms with Gasteiger partial charge in [0.15, 0.2) is 5.16 Å². The Balaban J connectivity index is 2.24. The SMILES string of the molecule is COC(=O)CSc1nc2ccccc2c(=O)n1-c1ccccc1F. The third-order valence-electron chi connectivity index (χ3n) is 3.39. The molecule has 1 heterocycles. The van der Waals surface area contributed by atoms with Gasteiger partial charge in [0.05, 0.1) is 29.5 Å². The minimum absolute atomic E-state index is 0.0320. The van der Waals surface area contributed by atoms with Crippen LogP contribution in [0.5, 0.6) is 0 Å². The first-order chi connectivity index (χ1) is 11.6. The highest BCUT2D eigenvalue weighted by atomic mass is 32.2. The smallest absolute Gasteiger partial charge is 0.316 e. The lowest BCUT2D eigenvalue weighted by molar-refractivity contribution is -0.137. The lowest BCUT2D eigenvalue weighted by atomic mass is 10.2. The van der Waals surface area contributed by atoms with E-state index in [0.717, 1.165) is 11.8 Å². The molecule has 122 valence electrons. The lowest BCUT2D eigenvalue weighted by Crippen LogP contribution is -2.23. The number of carbonyl (C=O) groups excluding carboxylic acids is 1. The molecule has 0 aliphatic rings. The van der Waals surface area contributed by atoms with Gasteiger partial charge in [-0.05, 0) is 24.3 Å². The van der Waals surface area contributed by atoms with E-state index >= 15 is 0 Å². The maximum absolute atomic E-state index is 14.2. The first kappa shape index (κ1) is 16.2. The van der Waals surface area contributed by atoms with E-state index < -0.39 is 17.3 Å². The average molecular weight is 344 g/mol.